The fraction of sp³-hybridized carbons (Fsp3) is 0.533. The Morgan fingerprint density at radius 3 is 2.76 bits per heavy atom. The van der Waals surface area contributed by atoms with Crippen LogP contribution in [-0.2, 0) is 11.2 Å². The molecule has 116 valence electrons. The average Bonchev–Trinajstić information content (AvgIpc) is 2.84. The lowest BCUT2D eigenvalue weighted by atomic mass is 9.99. The minimum Gasteiger partial charge on any atom is -0.393 e. The Labute approximate surface area is 122 Å². The van der Waals surface area contributed by atoms with Crippen molar-refractivity contribution in [1.29, 1.82) is 0 Å². The molecule has 6 heteroatoms. The van der Waals surface area contributed by atoms with Gasteiger partial charge in [0.05, 0.1) is 13.2 Å². The van der Waals surface area contributed by atoms with E-state index in [1.165, 1.54) is 11.0 Å². The average molecular weight is 299 g/mol. The van der Waals surface area contributed by atoms with E-state index in [9.17, 15) is 18.7 Å². The van der Waals surface area contributed by atoms with Crippen LogP contribution >= 0.6 is 0 Å². The second-order valence-electron chi connectivity index (χ2n) is 5.73. The number of halogens is 2. The summed E-state index contributed by atoms with van der Waals surface area (Å²) in [6.07, 6.45) is 0.492. The molecular weight excluding hydrogens is 280 g/mol. The molecule has 1 aromatic carbocycles. The summed E-state index contributed by atoms with van der Waals surface area (Å²) in [6.45, 7) is 1.73. The Hall–Kier alpha value is -1.53. The minimum atomic E-state index is -1.24. The maximum Gasteiger partial charge on any atom is 0.225 e. The Morgan fingerprint density at radius 2 is 2.19 bits per heavy atom. The number of amides is 1. The highest BCUT2D eigenvalue weighted by Gasteiger charge is 2.38. The Balaban J connectivity index is 2.00. The maximum atomic E-state index is 13.6. The van der Waals surface area contributed by atoms with Gasteiger partial charge < -0.3 is 15.1 Å². The number of nitrogens with zero attached hydrogens (tertiary/aromatic N) is 1. The first kappa shape index (κ1) is 15.9. The molecular formula is C15H19F2NO3. The Morgan fingerprint density at radius 1 is 1.48 bits per heavy atom. The number of aliphatic hydroxyl groups excluding tert-OH is 1. The molecule has 21 heavy (non-hydrogen) atoms. The highest BCUT2D eigenvalue weighted by molar-refractivity contribution is 5.79. The molecule has 1 aromatic rings. The summed E-state index contributed by atoms with van der Waals surface area (Å²) in [5.74, 6) is -2.00. The van der Waals surface area contributed by atoms with E-state index in [0.29, 0.717) is 13.0 Å². The molecule has 0 spiro atoms. The SMILES string of the molecule is CC(Cc1ccc(F)cc1F)C(=O)N1CCC(O)(CO)C1. The predicted molar refractivity (Wildman–Crippen MR) is 72.5 cm³/mol. The van der Waals surface area contributed by atoms with Crippen LogP contribution in [0, 0.1) is 17.6 Å². The standard InChI is InChI=1S/C15H19F2NO3/c1-10(6-11-2-3-12(16)7-13(11)17)14(20)18-5-4-15(21,8-18)9-19/h2-3,7,10,19,21H,4-6,8-9H2,1H3. The number of benzene rings is 1. The van der Waals surface area contributed by atoms with Crippen LogP contribution in [-0.4, -0.2) is 46.3 Å². The van der Waals surface area contributed by atoms with E-state index in [1.807, 2.05) is 0 Å². The van der Waals surface area contributed by atoms with Crippen LogP contribution in [0.25, 0.3) is 0 Å². The largest absolute Gasteiger partial charge is 0.393 e. The van der Waals surface area contributed by atoms with E-state index in [-0.39, 0.29) is 24.4 Å². The molecule has 0 radical (unpaired) electrons. The van der Waals surface area contributed by atoms with Crippen LogP contribution in [0.1, 0.15) is 18.9 Å². The van der Waals surface area contributed by atoms with Crippen LogP contribution in [0.15, 0.2) is 18.2 Å². The number of likely N-dealkylation sites (tertiary alicyclic amines) is 1. The van der Waals surface area contributed by atoms with Gasteiger partial charge in [0.1, 0.15) is 17.2 Å². The van der Waals surface area contributed by atoms with Crippen molar-refractivity contribution in [3.8, 4) is 0 Å². The van der Waals surface area contributed by atoms with Gasteiger partial charge in [0.15, 0.2) is 0 Å². The first-order chi connectivity index (χ1) is 9.84. The van der Waals surface area contributed by atoms with Crippen molar-refractivity contribution < 1.29 is 23.8 Å². The number of aliphatic hydroxyl groups is 2. The number of hydrogen-bond acceptors (Lipinski definition) is 3. The minimum absolute atomic E-state index is 0.0819. The van der Waals surface area contributed by atoms with Crippen molar-refractivity contribution in [1.82, 2.24) is 4.90 Å². The molecule has 1 aliphatic rings. The second kappa shape index (κ2) is 6.07. The summed E-state index contributed by atoms with van der Waals surface area (Å²) in [4.78, 5) is 13.7. The van der Waals surface area contributed by atoms with E-state index in [0.717, 1.165) is 12.1 Å². The maximum absolute atomic E-state index is 13.6. The molecule has 1 aliphatic heterocycles. The highest BCUT2D eigenvalue weighted by Crippen LogP contribution is 2.23. The van der Waals surface area contributed by atoms with E-state index in [4.69, 9.17) is 5.11 Å². The zero-order chi connectivity index (χ0) is 15.6. The van der Waals surface area contributed by atoms with Gasteiger partial charge in [-0.3, -0.25) is 4.79 Å². The smallest absolute Gasteiger partial charge is 0.225 e. The Bertz CT molecular complexity index is 538. The summed E-state index contributed by atoms with van der Waals surface area (Å²) in [5.41, 5.74) is -0.954. The third-order valence-electron chi connectivity index (χ3n) is 3.90. The number of carbonyl (C=O) groups excluding carboxylic acids is 1. The topological polar surface area (TPSA) is 60.8 Å². The van der Waals surface area contributed by atoms with Gasteiger partial charge in [-0.15, -0.1) is 0 Å². The van der Waals surface area contributed by atoms with Gasteiger partial charge in [-0.05, 0) is 24.5 Å². The van der Waals surface area contributed by atoms with Crippen molar-refractivity contribution in [2.24, 2.45) is 5.92 Å². The lowest BCUT2D eigenvalue weighted by molar-refractivity contribution is -0.135. The predicted octanol–water partition coefficient (Wildman–Crippen LogP) is 1.10. The number of β-amino-alcohol motifs (C(OH)–C–C–N with tert-alkyl or cyclic N) is 1. The number of hydrogen-bond donors (Lipinski definition) is 2. The first-order valence-electron chi connectivity index (χ1n) is 6.90. The molecule has 1 amide bonds. The molecule has 1 saturated heterocycles. The third-order valence-corrected chi connectivity index (χ3v) is 3.90. The fourth-order valence-corrected chi connectivity index (χ4v) is 2.59. The van der Waals surface area contributed by atoms with Gasteiger partial charge in [-0.25, -0.2) is 8.78 Å². The molecule has 2 N–H and O–H groups in total. The van der Waals surface area contributed by atoms with Crippen LogP contribution in [0.3, 0.4) is 0 Å². The zero-order valence-corrected chi connectivity index (χ0v) is 11.9. The quantitative estimate of drug-likeness (QED) is 0.875. The summed E-state index contributed by atoms with van der Waals surface area (Å²) < 4.78 is 26.4. The normalized spacial score (nSPS) is 23.4. The first-order valence-corrected chi connectivity index (χ1v) is 6.90. The number of carbonyl (C=O) groups is 1. The molecule has 0 aliphatic carbocycles. The van der Waals surface area contributed by atoms with Gasteiger partial charge in [0.25, 0.3) is 0 Å². The summed E-state index contributed by atoms with van der Waals surface area (Å²) in [7, 11) is 0. The molecule has 2 unspecified atom stereocenters. The molecule has 1 heterocycles. The third kappa shape index (κ3) is 3.57. The summed E-state index contributed by atoms with van der Waals surface area (Å²) in [5, 5.41) is 19.0. The van der Waals surface area contributed by atoms with E-state index < -0.39 is 29.8 Å². The molecule has 0 saturated carbocycles. The summed E-state index contributed by atoms with van der Waals surface area (Å²) >= 11 is 0. The highest BCUT2D eigenvalue weighted by atomic mass is 19.1. The van der Waals surface area contributed by atoms with E-state index >= 15 is 0 Å². The molecule has 2 rings (SSSR count). The van der Waals surface area contributed by atoms with Gasteiger partial charge in [-0.1, -0.05) is 13.0 Å². The van der Waals surface area contributed by atoms with E-state index in [2.05, 4.69) is 0 Å². The van der Waals surface area contributed by atoms with Crippen LogP contribution in [0.5, 0.6) is 0 Å². The van der Waals surface area contributed by atoms with Gasteiger partial charge in [0, 0.05) is 18.5 Å². The summed E-state index contributed by atoms with van der Waals surface area (Å²) in [6, 6.07) is 3.30. The van der Waals surface area contributed by atoms with Crippen LogP contribution in [0.2, 0.25) is 0 Å². The lowest BCUT2D eigenvalue weighted by Gasteiger charge is -2.23. The lowest BCUT2D eigenvalue weighted by Crippen LogP contribution is -2.40. The second-order valence-corrected chi connectivity index (χ2v) is 5.73. The van der Waals surface area contributed by atoms with Gasteiger partial charge in [-0.2, -0.15) is 0 Å². The van der Waals surface area contributed by atoms with Crippen LogP contribution < -0.4 is 0 Å². The molecule has 0 bridgehead atoms. The number of rotatable bonds is 4. The van der Waals surface area contributed by atoms with E-state index in [1.54, 1.807) is 6.92 Å². The van der Waals surface area contributed by atoms with Crippen LogP contribution in [0.4, 0.5) is 8.78 Å². The van der Waals surface area contributed by atoms with Crippen molar-refractivity contribution >= 4 is 5.91 Å². The van der Waals surface area contributed by atoms with Gasteiger partial charge in [0.2, 0.25) is 5.91 Å². The molecule has 0 aromatic heterocycles. The molecule has 1 fully saturated rings. The monoisotopic (exact) mass is 299 g/mol. The van der Waals surface area contributed by atoms with Crippen molar-refractivity contribution in [3.05, 3.63) is 35.4 Å². The van der Waals surface area contributed by atoms with Crippen molar-refractivity contribution in [2.45, 2.75) is 25.4 Å². The molecule has 2 atom stereocenters. The zero-order valence-electron chi connectivity index (χ0n) is 11.9. The van der Waals surface area contributed by atoms with Crippen molar-refractivity contribution in [2.75, 3.05) is 19.7 Å². The molecule has 4 nitrogen and oxygen atoms in total. The fourth-order valence-electron chi connectivity index (χ4n) is 2.59. The van der Waals surface area contributed by atoms with Crippen molar-refractivity contribution in [3.63, 3.8) is 0 Å². The Kier molecular flexibility index (Phi) is 4.58. The van der Waals surface area contributed by atoms with Gasteiger partial charge >= 0.3 is 0 Å².